The largest absolute Gasteiger partial charge is 0.481 e. The fourth-order valence-electron chi connectivity index (χ4n) is 13.8. The Kier molecular flexibility index (Phi) is 10.4. The number of carboxylic acid groups (broad SMARTS) is 1. The van der Waals surface area contributed by atoms with Gasteiger partial charge in [-0.2, -0.15) is 0 Å². The number of hydrogen-bond donors (Lipinski definition) is 2. The first-order chi connectivity index (χ1) is 24.1. The summed E-state index contributed by atoms with van der Waals surface area (Å²) in [6, 6.07) is 5.48. The van der Waals surface area contributed by atoms with Gasteiger partial charge in [0.15, 0.2) is 0 Å². The number of nitrogens with one attached hydrogen (secondary N) is 1. The van der Waals surface area contributed by atoms with Crippen LogP contribution < -0.4 is 5.32 Å². The Morgan fingerprint density at radius 3 is 2.27 bits per heavy atom. The lowest BCUT2D eigenvalue weighted by molar-refractivity contribution is -0.249. The average molecular weight is 757 g/mol. The maximum Gasteiger partial charge on any atom is 0.306 e. The smallest absolute Gasteiger partial charge is 0.306 e. The third-order valence-corrected chi connectivity index (χ3v) is 17.0. The molecular weight excluding hydrogens is 693 g/mol. The Bertz CT molecular complexity index is 1620. The second kappa shape index (κ2) is 13.6. The molecule has 0 spiro atoms. The zero-order valence-corrected chi connectivity index (χ0v) is 34.4. The van der Waals surface area contributed by atoms with Crippen molar-refractivity contribution in [2.45, 2.75) is 145 Å². The third kappa shape index (κ3) is 6.36. The number of ether oxygens (including phenoxy) is 1. The van der Waals surface area contributed by atoms with Crippen molar-refractivity contribution in [1.29, 1.82) is 0 Å². The van der Waals surface area contributed by atoms with Gasteiger partial charge in [-0.05, 0) is 140 Å². The molecule has 0 radical (unpaired) electrons. The summed E-state index contributed by atoms with van der Waals surface area (Å²) in [4.78, 5) is 39.2. The summed E-state index contributed by atoms with van der Waals surface area (Å²) in [5.74, 6) is 1.01. The van der Waals surface area contributed by atoms with Crippen LogP contribution in [0.3, 0.4) is 0 Å². The van der Waals surface area contributed by atoms with Crippen LogP contribution in [0.15, 0.2) is 30.4 Å². The van der Waals surface area contributed by atoms with E-state index in [1.807, 2.05) is 26.0 Å². The number of allylic oxidation sites excluding steroid dienone is 1. The van der Waals surface area contributed by atoms with Gasteiger partial charge in [-0.1, -0.05) is 89.9 Å². The van der Waals surface area contributed by atoms with Gasteiger partial charge in [-0.25, -0.2) is 0 Å². The van der Waals surface area contributed by atoms with Crippen LogP contribution in [-0.4, -0.2) is 29.1 Å². The Morgan fingerprint density at radius 1 is 0.904 bits per heavy atom. The van der Waals surface area contributed by atoms with Gasteiger partial charge >= 0.3 is 11.9 Å². The van der Waals surface area contributed by atoms with E-state index in [4.69, 9.17) is 27.9 Å². The molecule has 5 aliphatic carbocycles. The van der Waals surface area contributed by atoms with E-state index in [0.717, 1.165) is 69.8 Å². The van der Waals surface area contributed by atoms with Gasteiger partial charge in [0, 0.05) is 22.0 Å². The van der Waals surface area contributed by atoms with Gasteiger partial charge in [0.05, 0.1) is 18.3 Å². The van der Waals surface area contributed by atoms with Crippen molar-refractivity contribution in [2.24, 2.45) is 62.1 Å². The molecule has 288 valence electrons. The Labute approximate surface area is 322 Å². The van der Waals surface area contributed by atoms with Gasteiger partial charge in [0.25, 0.3) is 0 Å². The summed E-state index contributed by atoms with van der Waals surface area (Å²) in [6.45, 7) is 23.1. The Morgan fingerprint density at radius 2 is 1.62 bits per heavy atom. The third-order valence-electron chi connectivity index (χ3n) is 16.4. The first-order valence-corrected chi connectivity index (χ1v) is 20.7. The first-order valence-electron chi connectivity index (χ1n) is 19.9. The predicted molar refractivity (Wildman–Crippen MR) is 208 cm³/mol. The molecule has 5 aliphatic rings. The van der Waals surface area contributed by atoms with Gasteiger partial charge in [-0.15, -0.1) is 0 Å². The van der Waals surface area contributed by atoms with E-state index in [0.29, 0.717) is 40.3 Å². The molecule has 52 heavy (non-hydrogen) atoms. The highest BCUT2D eigenvalue weighted by Crippen LogP contribution is 2.77. The van der Waals surface area contributed by atoms with Crippen LogP contribution in [0, 0.1) is 62.1 Å². The van der Waals surface area contributed by atoms with Crippen molar-refractivity contribution in [1.82, 2.24) is 5.32 Å². The van der Waals surface area contributed by atoms with Crippen LogP contribution in [-0.2, 0) is 25.7 Å². The molecule has 8 heteroatoms. The number of fused-ring (bicyclic) bond motifs is 7. The predicted octanol–water partition coefficient (Wildman–Crippen LogP) is 11.1. The molecule has 0 unspecified atom stereocenters. The van der Waals surface area contributed by atoms with Gasteiger partial charge < -0.3 is 15.2 Å². The number of benzene rings is 1. The topological polar surface area (TPSA) is 92.7 Å². The van der Waals surface area contributed by atoms with E-state index in [1.165, 1.54) is 5.57 Å². The van der Waals surface area contributed by atoms with Gasteiger partial charge in [0.1, 0.15) is 6.10 Å². The minimum Gasteiger partial charge on any atom is -0.481 e. The van der Waals surface area contributed by atoms with E-state index < -0.39 is 16.8 Å². The summed E-state index contributed by atoms with van der Waals surface area (Å²) in [5.41, 5.74) is 1.19. The van der Waals surface area contributed by atoms with E-state index in [9.17, 15) is 19.5 Å². The molecule has 5 saturated carbocycles. The first kappa shape index (κ1) is 39.6. The molecular formula is C44H63Cl2NO5. The summed E-state index contributed by atoms with van der Waals surface area (Å²) in [5, 5.41) is 13.9. The zero-order chi connectivity index (χ0) is 38.2. The lowest BCUT2D eigenvalue weighted by atomic mass is 9.32. The number of esters is 1. The highest BCUT2D eigenvalue weighted by atomic mass is 35.5. The van der Waals surface area contributed by atoms with Gasteiger partial charge in [0.2, 0.25) is 5.91 Å². The molecule has 2 N–H and O–H groups in total. The minimum atomic E-state index is -0.894. The fraction of sp³-hybridized carbons (Fsp3) is 0.750. The van der Waals surface area contributed by atoms with Crippen molar-refractivity contribution in [3.63, 3.8) is 0 Å². The number of rotatable bonds is 9. The summed E-state index contributed by atoms with van der Waals surface area (Å²) in [6.07, 6.45) is 10.1. The molecule has 10 atom stereocenters. The average Bonchev–Trinajstić information content (AvgIpc) is 3.43. The fourth-order valence-corrected chi connectivity index (χ4v) is 14.3. The van der Waals surface area contributed by atoms with Crippen molar-refractivity contribution < 1.29 is 24.2 Å². The van der Waals surface area contributed by atoms with Crippen molar-refractivity contribution in [2.75, 3.05) is 0 Å². The molecule has 1 aromatic rings. The molecule has 0 saturated heterocycles. The standard InChI is InChI=1S/C44H63Cl2NO5/c1-26(2)29-14-19-44(38(51)47-25-27-10-11-28(45)22-31(27)46)21-20-42(8)30(37(29)44)12-13-33-41(7)17-16-34(40(5,6)32(41)15-18-43(33,42)9)52-36(50)24-39(3,4)23-35(48)49/h10-11,22,29-30,32-34,37H,1,12-21,23-25H2,2-9H3,(H,47,51)(H,48,49)/t29-,30+,32-,33+,34-,37+,41-,42+,43+,44-/m0/s1. The monoisotopic (exact) mass is 755 g/mol. The maximum atomic E-state index is 14.5. The van der Waals surface area contributed by atoms with E-state index in [-0.39, 0.29) is 58.4 Å². The molecule has 0 aromatic heterocycles. The molecule has 1 amide bonds. The van der Waals surface area contributed by atoms with Crippen LogP contribution in [0.2, 0.25) is 10.0 Å². The number of carbonyl (C=O) groups excluding carboxylic acids is 2. The van der Waals surface area contributed by atoms with E-state index >= 15 is 0 Å². The zero-order valence-electron chi connectivity index (χ0n) is 32.9. The summed E-state index contributed by atoms with van der Waals surface area (Å²) >= 11 is 12.7. The highest BCUT2D eigenvalue weighted by molar-refractivity contribution is 6.35. The molecule has 0 bridgehead atoms. The molecule has 1 aromatic carbocycles. The molecule has 0 aliphatic heterocycles. The van der Waals surface area contributed by atoms with Crippen LogP contribution in [0.1, 0.15) is 138 Å². The second-order valence-electron chi connectivity index (χ2n) is 20.0. The molecule has 6 nitrogen and oxygen atoms in total. The number of carbonyl (C=O) groups is 3. The van der Waals surface area contributed by atoms with Crippen molar-refractivity contribution in [3.8, 4) is 0 Å². The summed E-state index contributed by atoms with van der Waals surface area (Å²) in [7, 11) is 0. The Balaban J connectivity index is 1.24. The Hall–Kier alpha value is -2.05. The van der Waals surface area contributed by atoms with Crippen LogP contribution in [0.5, 0.6) is 0 Å². The van der Waals surface area contributed by atoms with Gasteiger partial charge in [-0.3, -0.25) is 14.4 Å². The molecule has 5 fully saturated rings. The lowest BCUT2D eigenvalue weighted by Crippen LogP contribution is -2.67. The van der Waals surface area contributed by atoms with E-state index in [2.05, 4.69) is 53.4 Å². The van der Waals surface area contributed by atoms with Crippen LogP contribution in [0.4, 0.5) is 0 Å². The quantitative estimate of drug-likeness (QED) is 0.193. The minimum absolute atomic E-state index is 0.0606. The number of hydrogen-bond acceptors (Lipinski definition) is 4. The normalized spacial score (nSPS) is 39.3. The number of aliphatic carboxylic acids is 1. The molecule has 6 rings (SSSR count). The number of amides is 1. The lowest BCUT2D eigenvalue weighted by Gasteiger charge is -2.72. The highest BCUT2D eigenvalue weighted by Gasteiger charge is 2.72. The second-order valence-corrected chi connectivity index (χ2v) is 20.9. The van der Waals surface area contributed by atoms with E-state index in [1.54, 1.807) is 6.07 Å². The van der Waals surface area contributed by atoms with Crippen LogP contribution >= 0.6 is 23.2 Å². The molecule has 0 heterocycles. The SMILES string of the molecule is C=C(C)[C@@H]1CC[C@]2(C(=O)NCc3ccc(Cl)cc3Cl)CC[C@]3(C)[C@H](CC[C@@H]4[C@@]5(C)CC[C@H](OC(=O)CC(C)(C)CC(=O)O)C(C)(C)[C@@H]5CC[C@]43C)[C@@H]12. The number of halogens is 2. The maximum absolute atomic E-state index is 14.5. The summed E-state index contributed by atoms with van der Waals surface area (Å²) < 4.78 is 6.27. The van der Waals surface area contributed by atoms with Crippen molar-refractivity contribution in [3.05, 3.63) is 46.0 Å². The van der Waals surface area contributed by atoms with Crippen LogP contribution in [0.25, 0.3) is 0 Å². The number of carboxylic acids is 1. The van der Waals surface area contributed by atoms with Crippen molar-refractivity contribution >= 4 is 41.0 Å².